The molecule has 0 radical (unpaired) electrons. The van der Waals surface area contributed by atoms with Crippen LogP contribution in [-0.4, -0.2) is 0 Å². The predicted molar refractivity (Wildman–Crippen MR) is 73.1 cm³/mol. The van der Waals surface area contributed by atoms with E-state index in [-0.39, 0.29) is 0 Å². The lowest BCUT2D eigenvalue weighted by molar-refractivity contribution is 1.37. The Hall–Kier alpha value is -1.28. The van der Waals surface area contributed by atoms with Gasteiger partial charge in [-0.25, -0.2) is 0 Å². The molecule has 0 spiro atoms. The topological polar surface area (TPSA) is 26.0 Å². The van der Waals surface area contributed by atoms with Crippen molar-refractivity contribution >= 4 is 16.3 Å². The third-order valence-corrected chi connectivity index (χ3v) is 4.11. The molecule has 0 fully saturated rings. The minimum atomic E-state index is 0.934. The minimum absolute atomic E-state index is 0.934. The van der Waals surface area contributed by atoms with E-state index < -0.39 is 0 Å². The summed E-state index contributed by atoms with van der Waals surface area (Å²) in [6.45, 7) is 8.54. The Bertz CT molecular complexity index is 538. The molecular weight excluding hydrogens is 214 g/mol. The molecule has 0 aliphatic heterocycles. The zero-order chi connectivity index (χ0) is 11.9. The van der Waals surface area contributed by atoms with Crippen molar-refractivity contribution in [1.29, 1.82) is 0 Å². The highest BCUT2D eigenvalue weighted by Gasteiger charge is 2.13. The van der Waals surface area contributed by atoms with Crippen molar-refractivity contribution < 1.29 is 0 Å². The van der Waals surface area contributed by atoms with E-state index in [1.807, 2.05) is 0 Å². The van der Waals surface area contributed by atoms with Crippen molar-refractivity contribution in [1.82, 2.24) is 0 Å². The fourth-order valence-corrected chi connectivity index (χ4v) is 2.94. The van der Waals surface area contributed by atoms with Crippen molar-refractivity contribution in [2.45, 2.75) is 27.7 Å². The molecule has 0 saturated heterocycles. The standard InChI is InChI=1S/C14H17NS/c1-8-5-6-9(2)12(7-8)13-10(3)11(4)16-14(13)15/h5-7H,15H2,1-4H3. The lowest BCUT2D eigenvalue weighted by Gasteiger charge is -2.08. The molecule has 1 heterocycles. The van der Waals surface area contributed by atoms with E-state index >= 15 is 0 Å². The highest BCUT2D eigenvalue weighted by atomic mass is 32.1. The SMILES string of the molecule is Cc1ccc(C)c(-c2c(N)sc(C)c2C)c1. The second-order valence-corrected chi connectivity index (χ2v) is 5.60. The number of hydrogen-bond donors (Lipinski definition) is 1. The van der Waals surface area contributed by atoms with Crippen LogP contribution in [0.2, 0.25) is 0 Å². The number of rotatable bonds is 1. The Balaban J connectivity index is 2.71. The molecule has 2 aromatic rings. The van der Waals surface area contributed by atoms with Gasteiger partial charge in [-0.1, -0.05) is 23.8 Å². The average molecular weight is 231 g/mol. The zero-order valence-corrected chi connectivity index (χ0v) is 11.0. The van der Waals surface area contributed by atoms with E-state index in [9.17, 15) is 0 Å². The maximum absolute atomic E-state index is 6.11. The summed E-state index contributed by atoms with van der Waals surface area (Å²) in [4.78, 5) is 1.31. The Morgan fingerprint density at radius 3 is 2.31 bits per heavy atom. The van der Waals surface area contributed by atoms with E-state index in [2.05, 4.69) is 45.9 Å². The first-order chi connectivity index (χ1) is 7.50. The Morgan fingerprint density at radius 1 is 1.06 bits per heavy atom. The van der Waals surface area contributed by atoms with Gasteiger partial charge in [-0.3, -0.25) is 0 Å². The monoisotopic (exact) mass is 231 g/mol. The van der Waals surface area contributed by atoms with Crippen LogP contribution in [0.1, 0.15) is 21.6 Å². The maximum Gasteiger partial charge on any atom is 0.0941 e. The number of aryl methyl sites for hydroxylation is 3. The van der Waals surface area contributed by atoms with Gasteiger partial charge in [-0.15, -0.1) is 11.3 Å². The van der Waals surface area contributed by atoms with Crippen molar-refractivity contribution in [2.24, 2.45) is 0 Å². The summed E-state index contributed by atoms with van der Waals surface area (Å²) in [6.07, 6.45) is 0. The van der Waals surface area contributed by atoms with Crippen LogP contribution in [-0.2, 0) is 0 Å². The normalized spacial score (nSPS) is 10.8. The molecule has 0 bridgehead atoms. The van der Waals surface area contributed by atoms with Crippen LogP contribution in [0.3, 0.4) is 0 Å². The molecule has 0 saturated carbocycles. The van der Waals surface area contributed by atoms with Crippen LogP contribution in [0.4, 0.5) is 5.00 Å². The molecule has 2 rings (SSSR count). The highest BCUT2D eigenvalue weighted by Crippen LogP contribution is 2.39. The molecule has 0 unspecified atom stereocenters. The molecule has 0 amide bonds. The number of benzene rings is 1. The first-order valence-corrected chi connectivity index (χ1v) is 6.25. The van der Waals surface area contributed by atoms with E-state index in [1.165, 1.54) is 32.7 Å². The summed E-state index contributed by atoms with van der Waals surface area (Å²) in [5.74, 6) is 0. The second-order valence-electron chi connectivity index (χ2n) is 4.34. The van der Waals surface area contributed by atoms with Gasteiger partial charge in [0.2, 0.25) is 0 Å². The molecule has 1 aromatic heterocycles. The molecule has 84 valence electrons. The summed E-state index contributed by atoms with van der Waals surface area (Å²) in [7, 11) is 0. The summed E-state index contributed by atoms with van der Waals surface area (Å²) in [5, 5.41) is 0.934. The molecular formula is C14H17NS. The summed E-state index contributed by atoms with van der Waals surface area (Å²) in [6, 6.07) is 6.53. The van der Waals surface area contributed by atoms with Crippen LogP contribution in [0.5, 0.6) is 0 Å². The van der Waals surface area contributed by atoms with Gasteiger partial charge in [0.15, 0.2) is 0 Å². The maximum atomic E-state index is 6.11. The highest BCUT2D eigenvalue weighted by molar-refractivity contribution is 7.16. The van der Waals surface area contributed by atoms with Crippen LogP contribution in [0.25, 0.3) is 11.1 Å². The average Bonchev–Trinajstić information content (AvgIpc) is 2.46. The molecule has 0 aliphatic rings. The molecule has 16 heavy (non-hydrogen) atoms. The van der Waals surface area contributed by atoms with Gasteiger partial charge in [0, 0.05) is 10.4 Å². The van der Waals surface area contributed by atoms with Crippen LogP contribution in [0.15, 0.2) is 18.2 Å². The van der Waals surface area contributed by atoms with E-state index in [0.29, 0.717) is 0 Å². The Morgan fingerprint density at radius 2 is 1.75 bits per heavy atom. The third-order valence-electron chi connectivity index (χ3n) is 3.07. The van der Waals surface area contributed by atoms with E-state index in [4.69, 9.17) is 5.73 Å². The minimum Gasteiger partial charge on any atom is -0.390 e. The van der Waals surface area contributed by atoms with Gasteiger partial charge in [0.1, 0.15) is 0 Å². The predicted octanol–water partition coefficient (Wildman–Crippen LogP) is 4.23. The quantitative estimate of drug-likeness (QED) is 0.781. The van der Waals surface area contributed by atoms with Gasteiger partial charge in [-0.2, -0.15) is 0 Å². The van der Waals surface area contributed by atoms with Crippen LogP contribution >= 0.6 is 11.3 Å². The van der Waals surface area contributed by atoms with Crippen molar-refractivity contribution in [3.8, 4) is 11.1 Å². The van der Waals surface area contributed by atoms with E-state index in [0.717, 1.165) is 5.00 Å². The first-order valence-electron chi connectivity index (χ1n) is 5.43. The van der Waals surface area contributed by atoms with E-state index in [1.54, 1.807) is 11.3 Å². The summed E-state index contributed by atoms with van der Waals surface area (Å²) >= 11 is 1.68. The number of anilines is 1. The summed E-state index contributed by atoms with van der Waals surface area (Å²) in [5.41, 5.74) is 12.5. The van der Waals surface area contributed by atoms with Crippen molar-refractivity contribution in [3.05, 3.63) is 39.8 Å². The van der Waals surface area contributed by atoms with Gasteiger partial charge in [0.25, 0.3) is 0 Å². The molecule has 2 heteroatoms. The molecule has 1 nitrogen and oxygen atoms in total. The van der Waals surface area contributed by atoms with Crippen LogP contribution < -0.4 is 5.73 Å². The lowest BCUT2D eigenvalue weighted by atomic mass is 9.97. The Kier molecular flexibility index (Phi) is 2.76. The van der Waals surface area contributed by atoms with Crippen molar-refractivity contribution in [3.63, 3.8) is 0 Å². The smallest absolute Gasteiger partial charge is 0.0941 e. The lowest BCUT2D eigenvalue weighted by Crippen LogP contribution is -1.90. The van der Waals surface area contributed by atoms with Crippen molar-refractivity contribution in [2.75, 3.05) is 5.73 Å². The number of nitrogen functional groups attached to an aromatic ring is 1. The molecule has 0 aliphatic carbocycles. The molecule has 1 aromatic carbocycles. The zero-order valence-electron chi connectivity index (χ0n) is 10.2. The number of thiophene rings is 1. The fourth-order valence-electron chi connectivity index (χ4n) is 1.99. The molecule has 2 N–H and O–H groups in total. The van der Waals surface area contributed by atoms with Gasteiger partial charge >= 0.3 is 0 Å². The summed E-state index contributed by atoms with van der Waals surface area (Å²) < 4.78 is 0. The van der Waals surface area contributed by atoms with Crippen LogP contribution in [0, 0.1) is 27.7 Å². The largest absolute Gasteiger partial charge is 0.390 e. The number of nitrogens with two attached hydrogens (primary N) is 1. The van der Waals surface area contributed by atoms with Gasteiger partial charge in [0.05, 0.1) is 5.00 Å². The van der Waals surface area contributed by atoms with Gasteiger partial charge in [-0.05, 0) is 44.4 Å². The fraction of sp³-hybridized carbons (Fsp3) is 0.286. The third kappa shape index (κ3) is 1.74. The van der Waals surface area contributed by atoms with Gasteiger partial charge < -0.3 is 5.73 Å². The second kappa shape index (κ2) is 3.95. The molecule has 0 atom stereocenters. The number of hydrogen-bond acceptors (Lipinski definition) is 2. The first kappa shape index (κ1) is 11.2. The Labute approximate surface area is 101 Å².